The highest BCUT2D eigenvalue weighted by Gasteiger charge is 2.21. The standard InChI is InChI=1S/C21H30N4O/c1-16-20(13-22-21(26)15-24(3)19-11-7-8-12-19)17(2)25(23-16)14-18-9-5-4-6-10-18/h4-6,9-10,19H,7-8,11-15H2,1-3H3,(H,22,26). The highest BCUT2D eigenvalue weighted by atomic mass is 16.2. The van der Waals surface area contributed by atoms with Gasteiger partial charge in [-0.3, -0.25) is 14.4 Å². The molecule has 5 nitrogen and oxygen atoms in total. The molecule has 0 bridgehead atoms. The van der Waals surface area contributed by atoms with Crippen molar-refractivity contribution < 1.29 is 4.79 Å². The monoisotopic (exact) mass is 354 g/mol. The van der Waals surface area contributed by atoms with Gasteiger partial charge in [-0.1, -0.05) is 43.2 Å². The molecule has 26 heavy (non-hydrogen) atoms. The summed E-state index contributed by atoms with van der Waals surface area (Å²) in [6, 6.07) is 10.9. The second kappa shape index (κ2) is 8.49. The fraction of sp³-hybridized carbons (Fsp3) is 0.524. The minimum absolute atomic E-state index is 0.0917. The summed E-state index contributed by atoms with van der Waals surface area (Å²) in [5.41, 5.74) is 4.46. The van der Waals surface area contributed by atoms with Crippen LogP contribution in [0, 0.1) is 13.8 Å². The second-order valence-electron chi connectivity index (χ2n) is 7.42. The van der Waals surface area contributed by atoms with Crippen LogP contribution in [-0.2, 0) is 17.9 Å². The van der Waals surface area contributed by atoms with Gasteiger partial charge in [0.15, 0.2) is 0 Å². The smallest absolute Gasteiger partial charge is 0.234 e. The highest BCUT2D eigenvalue weighted by molar-refractivity contribution is 5.78. The zero-order chi connectivity index (χ0) is 18.5. The van der Waals surface area contributed by atoms with Gasteiger partial charge in [-0.15, -0.1) is 0 Å². The molecule has 5 heteroatoms. The summed E-state index contributed by atoms with van der Waals surface area (Å²) in [7, 11) is 2.06. The van der Waals surface area contributed by atoms with Crippen molar-refractivity contribution >= 4 is 5.91 Å². The van der Waals surface area contributed by atoms with Gasteiger partial charge in [0.2, 0.25) is 5.91 Å². The minimum atomic E-state index is 0.0917. The molecular weight excluding hydrogens is 324 g/mol. The van der Waals surface area contributed by atoms with Crippen LogP contribution in [0.3, 0.4) is 0 Å². The summed E-state index contributed by atoms with van der Waals surface area (Å²) >= 11 is 0. The molecule has 1 aliphatic rings. The topological polar surface area (TPSA) is 50.2 Å². The van der Waals surface area contributed by atoms with Crippen LogP contribution in [-0.4, -0.2) is 40.2 Å². The van der Waals surface area contributed by atoms with Crippen LogP contribution in [0.15, 0.2) is 30.3 Å². The van der Waals surface area contributed by atoms with Gasteiger partial charge in [0.1, 0.15) is 0 Å². The van der Waals surface area contributed by atoms with Crippen molar-refractivity contribution in [1.82, 2.24) is 20.0 Å². The fourth-order valence-electron chi connectivity index (χ4n) is 3.84. The van der Waals surface area contributed by atoms with Crippen LogP contribution in [0.4, 0.5) is 0 Å². The van der Waals surface area contributed by atoms with Crippen molar-refractivity contribution in [2.75, 3.05) is 13.6 Å². The van der Waals surface area contributed by atoms with Gasteiger partial charge in [-0.2, -0.15) is 5.10 Å². The van der Waals surface area contributed by atoms with Crippen LogP contribution in [0.1, 0.15) is 48.2 Å². The number of nitrogens with one attached hydrogen (secondary N) is 1. The number of aromatic nitrogens is 2. The number of benzene rings is 1. The average Bonchev–Trinajstić information content (AvgIpc) is 3.24. The number of carbonyl (C=O) groups is 1. The molecule has 140 valence electrons. The molecule has 1 amide bonds. The lowest BCUT2D eigenvalue weighted by molar-refractivity contribution is -0.122. The normalized spacial score (nSPS) is 14.9. The summed E-state index contributed by atoms with van der Waals surface area (Å²) < 4.78 is 2.02. The lowest BCUT2D eigenvalue weighted by Gasteiger charge is -2.23. The highest BCUT2D eigenvalue weighted by Crippen LogP contribution is 2.22. The lowest BCUT2D eigenvalue weighted by atomic mass is 10.2. The number of nitrogens with zero attached hydrogens (tertiary/aromatic N) is 3. The molecular formula is C21H30N4O. The van der Waals surface area contributed by atoms with E-state index in [2.05, 4.69) is 41.4 Å². The van der Waals surface area contributed by atoms with Crippen LogP contribution in [0.5, 0.6) is 0 Å². The summed E-state index contributed by atoms with van der Waals surface area (Å²) in [6.07, 6.45) is 5.01. The molecule has 1 aromatic heterocycles. The van der Waals surface area contributed by atoms with E-state index in [1.807, 2.05) is 29.8 Å². The van der Waals surface area contributed by atoms with E-state index in [-0.39, 0.29) is 5.91 Å². The number of hydrogen-bond donors (Lipinski definition) is 1. The van der Waals surface area contributed by atoms with Gasteiger partial charge in [-0.25, -0.2) is 0 Å². The quantitative estimate of drug-likeness (QED) is 0.831. The number of aryl methyl sites for hydroxylation is 1. The molecule has 0 unspecified atom stereocenters. The first-order valence-electron chi connectivity index (χ1n) is 9.58. The summed E-state index contributed by atoms with van der Waals surface area (Å²) in [4.78, 5) is 14.5. The number of rotatable bonds is 7. The fourth-order valence-corrected chi connectivity index (χ4v) is 3.84. The Morgan fingerprint density at radius 3 is 2.62 bits per heavy atom. The summed E-state index contributed by atoms with van der Waals surface area (Å²) in [5.74, 6) is 0.0917. The second-order valence-corrected chi connectivity index (χ2v) is 7.42. The Bertz CT molecular complexity index is 732. The molecule has 1 N–H and O–H groups in total. The third kappa shape index (κ3) is 4.52. The molecule has 1 saturated carbocycles. The maximum absolute atomic E-state index is 12.3. The third-order valence-corrected chi connectivity index (χ3v) is 5.51. The van der Waals surface area contributed by atoms with E-state index in [1.54, 1.807) is 0 Å². The predicted octanol–water partition coefficient (Wildman–Crippen LogP) is 3.04. The number of hydrogen-bond acceptors (Lipinski definition) is 3. The molecule has 1 aliphatic carbocycles. The van der Waals surface area contributed by atoms with Gasteiger partial charge in [0.05, 0.1) is 18.8 Å². The first-order chi connectivity index (χ1) is 12.5. The number of amides is 1. The first kappa shape index (κ1) is 18.6. The zero-order valence-electron chi connectivity index (χ0n) is 16.2. The Kier molecular flexibility index (Phi) is 6.09. The van der Waals surface area contributed by atoms with Crippen LogP contribution in [0.2, 0.25) is 0 Å². The van der Waals surface area contributed by atoms with Gasteiger partial charge < -0.3 is 5.32 Å². The van der Waals surface area contributed by atoms with Gasteiger partial charge >= 0.3 is 0 Å². The van der Waals surface area contributed by atoms with Crippen molar-refractivity contribution in [3.8, 4) is 0 Å². The molecule has 0 atom stereocenters. The molecule has 0 radical (unpaired) electrons. The van der Waals surface area contributed by atoms with E-state index in [0.29, 0.717) is 19.1 Å². The van der Waals surface area contributed by atoms with E-state index < -0.39 is 0 Å². The average molecular weight is 354 g/mol. The third-order valence-electron chi connectivity index (χ3n) is 5.51. The number of carbonyl (C=O) groups excluding carboxylic acids is 1. The lowest BCUT2D eigenvalue weighted by Crippen LogP contribution is -2.39. The Balaban J connectivity index is 1.56. The molecule has 0 aliphatic heterocycles. The first-order valence-corrected chi connectivity index (χ1v) is 9.58. The van der Waals surface area contributed by atoms with Crippen LogP contribution < -0.4 is 5.32 Å². The van der Waals surface area contributed by atoms with Crippen molar-refractivity contribution in [3.63, 3.8) is 0 Å². The molecule has 0 saturated heterocycles. The Hall–Kier alpha value is -2.14. The van der Waals surface area contributed by atoms with Crippen LogP contribution >= 0.6 is 0 Å². The Morgan fingerprint density at radius 1 is 1.23 bits per heavy atom. The predicted molar refractivity (Wildman–Crippen MR) is 104 cm³/mol. The SMILES string of the molecule is Cc1nn(Cc2ccccc2)c(C)c1CNC(=O)CN(C)C1CCCC1. The van der Waals surface area contributed by atoms with E-state index in [9.17, 15) is 4.79 Å². The molecule has 1 heterocycles. The van der Waals surface area contributed by atoms with Gasteiger partial charge in [-0.05, 0) is 39.3 Å². The minimum Gasteiger partial charge on any atom is -0.351 e. The van der Waals surface area contributed by atoms with E-state index >= 15 is 0 Å². The summed E-state index contributed by atoms with van der Waals surface area (Å²) in [6.45, 7) is 5.87. The van der Waals surface area contributed by atoms with E-state index in [1.165, 1.54) is 31.2 Å². The Labute approximate surface area is 156 Å². The van der Waals surface area contributed by atoms with Crippen molar-refractivity contribution in [2.24, 2.45) is 0 Å². The van der Waals surface area contributed by atoms with E-state index in [0.717, 1.165) is 23.5 Å². The number of likely N-dealkylation sites (N-methyl/N-ethyl adjacent to an activating group) is 1. The van der Waals surface area contributed by atoms with Crippen molar-refractivity contribution in [2.45, 2.75) is 58.7 Å². The molecule has 3 rings (SSSR count). The maximum Gasteiger partial charge on any atom is 0.234 e. The summed E-state index contributed by atoms with van der Waals surface area (Å²) in [5, 5.41) is 7.74. The van der Waals surface area contributed by atoms with Gasteiger partial charge in [0.25, 0.3) is 0 Å². The van der Waals surface area contributed by atoms with E-state index in [4.69, 9.17) is 0 Å². The zero-order valence-corrected chi connectivity index (χ0v) is 16.2. The van der Waals surface area contributed by atoms with Crippen LogP contribution in [0.25, 0.3) is 0 Å². The van der Waals surface area contributed by atoms with Crippen molar-refractivity contribution in [3.05, 3.63) is 52.8 Å². The van der Waals surface area contributed by atoms with Gasteiger partial charge in [0, 0.05) is 23.8 Å². The largest absolute Gasteiger partial charge is 0.351 e. The maximum atomic E-state index is 12.3. The molecule has 1 aromatic carbocycles. The Morgan fingerprint density at radius 2 is 1.92 bits per heavy atom. The molecule has 1 fully saturated rings. The molecule has 2 aromatic rings. The molecule has 0 spiro atoms. The van der Waals surface area contributed by atoms with Crippen molar-refractivity contribution in [1.29, 1.82) is 0 Å².